The predicted molar refractivity (Wildman–Crippen MR) is 146 cm³/mol. The molecule has 1 aliphatic rings. The molecule has 1 aliphatic heterocycles. The van der Waals surface area contributed by atoms with E-state index in [4.69, 9.17) is 9.72 Å². The number of para-hydroxylation sites is 1. The maximum Gasteiger partial charge on any atom is 0.267 e. The number of ether oxygens (including phenoxy) is 1. The summed E-state index contributed by atoms with van der Waals surface area (Å²) in [6, 6.07) is 24.7. The van der Waals surface area contributed by atoms with E-state index in [-0.39, 0.29) is 11.7 Å². The zero-order valence-corrected chi connectivity index (χ0v) is 21.4. The number of hydrogen-bond donors (Lipinski definition) is 0. The zero-order chi connectivity index (χ0) is 23.9. The molecule has 0 amide bonds. The van der Waals surface area contributed by atoms with E-state index >= 15 is 0 Å². The van der Waals surface area contributed by atoms with Crippen LogP contribution in [-0.2, 0) is 23.5 Å². The Balaban J connectivity index is 1.48. The fourth-order valence-corrected chi connectivity index (χ4v) is 6.98. The highest BCUT2D eigenvalue weighted by Gasteiger charge is 2.28. The van der Waals surface area contributed by atoms with E-state index in [2.05, 4.69) is 56.3 Å². The van der Waals surface area contributed by atoms with Gasteiger partial charge in [-0.05, 0) is 39.9 Å². The van der Waals surface area contributed by atoms with Crippen molar-refractivity contribution in [1.82, 2.24) is 9.55 Å². The standard InChI is InChI=1S/C29H26N2O2S2/c1-18(2)24-15-23-25(16-33-24)35-27-26(23)28(32)31(21-12-4-3-5-13-21)29(30-27)34-17-20-11-8-10-19-9-6-7-14-22(19)20/h3-14,18,24H,15-17H2,1-2H3/t24-/m1/s1. The molecule has 4 nitrogen and oxygen atoms in total. The van der Waals surface area contributed by atoms with Gasteiger partial charge < -0.3 is 4.74 Å². The summed E-state index contributed by atoms with van der Waals surface area (Å²) in [5, 5.41) is 3.94. The van der Waals surface area contributed by atoms with Crippen LogP contribution in [0.25, 0.3) is 26.7 Å². The minimum Gasteiger partial charge on any atom is -0.372 e. The van der Waals surface area contributed by atoms with Crippen molar-refractivity contribution in [2.24, 2.45) is 5.92 Å². The Kier molecular flexibility index (Phi) is 5.96. The summed E-state index contributed by atoms with van der Waals surface area (Å²) in [5.74, 6) is 1.13. The van der Waals surface area contributed by atoms with E-state index in [1.165, 1.54) is 16.3 Å². The van der Waals surface area contributed by atoms with E-state index in [0.29, 0.717) is 12.5 Å². The molecule has 0 unspecified atom stereocenters. The van der Waals surface area contributed by atoms with Crippen LogP contribution in [-0.4, -0.2) is 15.7 Å². The van der Waals surface area contributed by atoms with Gasteiger partial charge in [-0.2, -0.15) is 0 Å². The van der Waals surface area contributed by atoms with Crippen molar-refractivity contribution < 1.29 is 4.74 Å². The van der Waals surface area contributed by atoms with Gasteiger partial charge in [0, 0.05) is 17.1 Å². The third-order valence-electron chi connectivity index (χ3n) is 6.71. The van der Waals surface area contributed by atoms with E-state index in [0.717, 1.165) is 43.7 Å². The molecule has 2 aromatic heterocycles. The van der Waals surface area contributed by atoms with Crippen LogP contribution >= 0.6 is 23.1 Å². The fraction of sp³-hybridized carbons (Fsp3) is 0.241. The second kappa shape index (κ2) is 9.26. The quantitative estimate of drug-likeness (QED) is 0.193. The number of aromatic nitrogens is 2. The molecular weight excluding hydrogens is 472 g/mol. The lowest BCUT2D eigenvalue weighted by atomic mass is 9.96. The third kappa shape index (κ3) is 4.10. The van der Waals surface area contributed by atoms with Crippen LogP contribution in [0.4, 0.5) is 0 Å². The first kappa shape index (κ1) is 22.5. The summed E-state index contributed by atoms with van der Waals surface area (Å²) in [6.07, 6.45) is 0.895. The van der Waals surface area contributed by atoms with Crippen molar-refractivity contribution in [3.05, 3.63) is 99.2 Å². The van der Waals surface area contributed by atoms with Crippen molar-refractivity contribution in [1.29, 1.82) is 0 Å². The molecule has 0 spiro atoms. The van der Waals surface area contributed by atoms with Crippen molar-refractivity contribution in [2.45, 2.75) is 43.9 Å². The van der Waals surface area contributed by atoms with Gasteiger partial charge in [0.2, 0.25) is 0 Å². The molecule has 0 N–H and O–H groups in total. The highest BCUT2D eigenvalue weighted by Crippen LogP contribution is 2.37. The third-order valence-corrected chi connectivity index (χ3v) is 8.79. The Morgan fingerprint density at radius 2 is 1.83 bits per heavy atom. The van der Waals surface area contributed by atoms with E-state index in [9.17, 15) is 4.79 Å². The maximum atomic E-state index is 14.1. The Hall–Kier alpha value is -2.93. The predicted octanol–water partition coefficient (Wildman–Crippen LogP) is 6.99. The van der Waals surface area contributed by atoms with Crippen LogP contribution in [0.2, 0.25) is 0 Å². The molecule has 0 aliphatic carbocycles. The first-order valence-corrected chi connectivity index (χ1v) is 13.7. The molecule has 3 heterocycles. The average Bonchev–Trinajstić information content (AvgIpc) is 3.26. The van der Waals surface area contributed by atoms with Gasteiger partial charge in [0.05, 0.1) is 23.8 Å². The average molecular weight is 499 g/mol. The van der Waals surface area contributed by atoms with Gasteiger partial charge in [-0.15, -0.1) is 11.3 Å². The fourth-order valence-electron chi connectivity index (χ4n) is 4.80. The molecule has 0 bridgehead atoms. The lowest BCUT2D eigenvalue weighted by Gasteiger charge is -2.26. The second-order valence-electron chi connectivity index (χ2n) is 9.28. The van der Waals surface area contributed by atoms with Gasteiger partial charge in [0.15, 0.2) is 5.16 Å². The smallest absolute Gasteiger partial charge is 0.267 e. The monoisotopic (exact) mass is 498 g/mol. The molecule has 35 heavy (non-hydrogen) atoms. The highest BCUT2D eigenvalue weighted by molar-refractivity contribution is 7.98. The highest BCUT2D eigenvalue weighted by atomic mass is 32.2. The lowest BCUT2D eigenvalue weighted by molar-refractivity contribution is 0.00200. The van der Waals surface area contributed by atoms with Crippen LogP contribution < -0.4 is 5.56 Å². The van der Waals surface area contributed by atoms with Crippen molar-refractivity contribution in [3.63, 3.8) is 0 Å². The zero-order valence-electron chi connectivity index (χ0n) is 19.7. The Morgan fingerprint density at radius 1 is 1.06 bits per heavy atom. The Morgan fingerprint density at radius 3 is 2.66 bits per heavy atom. The van der Waals surface area contributed by atoms with Crippen LogP contribution in [0, 0.1) is 5.92 Å². The van der Waals surface area contributed by atoms with Gasteiger partial charge in [0.1, 0.15) is 4.83 Å². The second-order valence-corrected chi connectivity index (χ2v) is 11.3. The van der Waals surface area contributed by atoms with Crippen molar-refractivity contribution in [3.8, 4) is 5.69 Å². The summed E-state index contributed by atoms with van der Waals surface area (Å²) < 4.78 is 7.89. The molecular formula is C29H26N2O2S2. The molecule has 0 radical (unpaired) electrons. The number of hydrogen-bond acceptors (Lipinski definition) is 5. The van der Waals surface area contributed by atoms with Crippen LogP contribution in [0.1, 0.15) is 29.9 Å². The van der Waals surface area contributed by atoms with Crippen molar-refractivity contribution >= 4 is 44.1 Å². The van der Waals surface area contributed by atoms with E-state index < -0.39 is 0 Å². The SMILES string of the molecule is CC(C)[C@H]1Cc2c(sc3nc(SCc4cccc5ccccc45)n(-c4ccccc4)c(=O)c23)CO1. The van der Waals surface area contributed by atoms with Crippen LogP contribution in [0.5, 0.6) is 0 Å². The number of nitrogens with zero attached hydrogens (tertiary/aromatic N) is 2. The van der Waals surface area contributed by atoms with E-state index in [1.807, 2.05) is 30.3 Å². The molecule has 3 aromatic carbocycles. The number of thioether (sulfide) groups is 1. The number of fused-ring (bicyclic) bond motifs is 4. The molecule has 1 atom stereocenters. The Labute approximate surface area is 212 Å². The minimum atomic E-state index is 0.0172. The minimum absolute atomic E-state index is 0.0172. The van der Waals surface area contributed by atoms with Crippen LogP contribution in [0.15, 0.2) is 82.7 Å². The number of benzene rings is 3. The molecule has 5 aromatic rings. The number of rotatable bonds is 5. The molecule has 6 heteroatoms. The van der Waals surface area contributed by atoms with Gasteiger partial charge in [-0.3, -0.25) is 9.36 Å². The van der Waals surface area contributed by atoms with Gasteiger partial charge in [-0.1, -0.05) is 86.3 Å². The molecule has 176 valence electrons. The molecule has 0 saturated carbocycles. The Bertz CT molecular complexity index is 1580. The maximum absolute atomic E-state index is 14.1. The van der Waals surface area contributed by atoms with E-state index in [1.54, 1.807) is 27.7 Å². The lowest BCUT2D eigenvalue weighted by Crippen LogP contribution is -2.28. The topological polar surface area (TPSA) is 44.1 Å². The van der Waals surface area contributed by atoms with Gasteiger partial charge in [-0.25, -0.2) is 4.98 Å². The molecule has 6 rings (SSSR count). The summed E-state index contributed by atoms with van der Waals surface area (Å²) in [4.78, 5) is 21.1. The van der Waals surface area contributed by atoms with Gasteiger partial charge >= 0.3 is 0 Å². The summed E-state index contributed by atoms with van der Waals surface area (Å²) in [7, 11) is 0. The summed E-state index contributed by atoms with van der Waals surface area (Å²) in [6.45, 7) is 4.90. The molecule has 0 saturated heterocycles. The first-order valence-electron chi connectivity index (χ1n) is 11.9. The summed E-state index contributed by atoms with van der Waals surface area (Å²) in [5.41, 5.74) is 3.23. The summed E-state index contributed by atoms with van der Waals surface area (Å²) >= 11 is 3.22. The normalized spacial score (nSPS) is 15.7. The number of thiophene rings is 1. The molecule has 0 fully saturated rings. The largest absolute Gasteiger partial charge is 0.372 e. The van der Waals surface area contributed by atoms with Crippen molar-refractivity contribution in [2.75, 3.05) is 0 Å². The van der Waals surface area contributed by atoms with Gasteiger partial charge in [0.25, 0.3) is 5.56 Å². The first-order chi connectivity index (χ1) is 17.1. The van der Waals surface area contributed by atoms with Crippen LogP contribution in [0.3, 0.4) is 0 Å².